The van der Waals surface area contributed by atoms with Gasteiger partial charge >= 0.3 is 0 Å². The van der Waals surface area contributed by atoms with Crippen LogP contribution in [0, 0.1) is 0 Å². The van der Waals surface area contributed by atoms with Crippen molar-refractivity contribution in [2.45, 2.75) is 32.7 Å². The van der Waals surface area contributed by atoms with E-state index in [1.165, 1.54) is 32.5 Å². The van der Waals surface area contributed by atoms with Crippen LogP contribution in [-0.4, -0.2) is 50.4 Å². The van der Waals surface area contributed by atoms with Crippen molar-refractivity contribution in [3.05, 3.63) is 23.8 Å². The van der Waals surface area contributed by atoms with Gasteiger partial charge in [0.15, 0.2) is 17.5 Å². The Kier molecular flexibility index (Phi) is 8.60. The van der Waals surface area contributed by atoms with E-state index in [1.54, 1.807) is 0 Å². The molecule has 1 saturated heterocycles. The van der Waals surface area contributed by atoms with Crippen LogP contribution in [-0.2, 0) is 6.54 Å². The fourth-order valence-corrected chi connectivity index (χ4v) is 3.07. The minimum Gasteiger partial charge on any atom is -0.454 e. The molecule has 0 amide bonds. The third-order valence-electron chi connectivity index (χ3n) is 4.34. The third kappa shape index (κ3) is 6.22. The Labute approximate surface area is 167 Å². The maximum Gasteiger partial charge on any atom is 0.231 e. The third-order valence-corrected chi connectivity index (χ3v) is 4.34. The molecule has 0 radical (unpaired) electrons. The van der Waals surface area contributed by atoms with Gasteiger partial charge < -0.3 is 25.0 Å². The zero-order chi connectivity index (χ0) is 16.6. The molecular formula is C18H29IN4O2. The monoisotopic (exact) mass is 460 g/mol. The number of ether oxygens (including phenoxy) is 2. The molecule has 0 aromatic heterocycles. The molecule has 3 rings (SSSR count). The first-order valence-electron chi connectivity index (χ1n) is 8.98. The minimum atomic E-state index is 0. The van der Waals surface area contributed by atoms with Crippen LogP contribution in [0.4, 0.5) is 0 Å². The number of aliphatic imine (C=N–C) groups is 1. The first-order valence-corrected chi connectivity index (χ1v) is 8.98. The average Bonchev–Trinajstić information content (AvgIpc) is 3.27. The molecule has 0 atom stereocenters. The Morgan fingerprint density at radius 3 is 2.76 bits per heavy atom. The van der Waals surface area contributed by atoms with Crippen LogP contribution >= 0.6 is 24.0 Å². The van der Waals surface area contributed by atoms with Crippen molar-refractivity contribution >= 4 is 29.9 Å². The number of nitrogens with one attached hydrogen (secondary N) is 2. The van der Waals surface area contributed by atoms with Gasteiger partial charge in [-0.3, -0.25) is 0 Å². The topological polar surface area (TPSA) is 58.1 Å². The second-order valence-electron chi connectivity index (χ2n) is 6.21. The molecule has 7 heteroatoms. The number of hydrogen-bond donors (Lipinski definition) is 2. The van der Waals surface area contributed by atoms with Crippen LogP contribution < -0.4 is 20.1 Å². The van der Waals surface area contributed by atoms with Gasteiger partial charge in [0.05, 0.1) is 6.54 Å². The van der Waals surface area contributed by atoms with Crippen molar-refractivity contribution in [1.82, 2.24) is 15.5 Å². The van der Waals surface area contributed by atoms with E-state index >= 15 is 0 Å². The van der Waals surface area contributed by atoms with E-state index in [1.807, 2.05) is 18.2 Å². The van der Waals surface area contributed by atoms with Gasteiger partial charge in [0.25, 0.3) is 0 Å². The molecule has 25 heavy (non-hydrogen) atoms. The van der Waals surface area contributed by atoms with Crippen molar-refractivity contribution in [3.8, 4) is 11.5 Å². The lowest BCUT2D eigenvalue weighted by atomic mass is 10.2. The van der Waals surface area contributed by atoms with Gasteiger partial charge in [-0.15, -0.1) is 24.0 Å². The van der Waals surface area contributed by atoms with Crippen molar-refractivity contribution in [2.75, 3.05) is 39.5 Å². The molecule has 2 aliphatic heterocycles. The Hall–Kier alpha value is -1.22. The number of guanidine groups is 1. The molecule has 0 spiro atoms. The van der Waals surface area contributed by atoms with E-state index < -0.39 is 0 Å². The summed E-state index contributed by atoms with van der Waals surface area (Å²) in [5, 5.41) is 6.73. The molecule has 6 nitrogen and oxygen atoms in total. The van der Waals surface area contributed by atoms with E-state index in [-0.39, 0.29) is 24.0 Å². The molecule has 1 fully saturated rings. The predicted octanol–water partition coefficient (Wildman–Crippen LogP) is 2.57. The Balaban J connectivity index is 0.00000225. The summed E-state index contributed by atoms with van der Waals surface area (Å²) in [6.45, 7) is 8.52. The summed E-state index contributed by atoms with van der Waals surface area (Å²) in [5.74, 6) is 2.50. The van der Waals surface area contributed by atoms with Crippen molar-refractivity contribution in [1.29, 1.82) is 0 Å². The number of hydrogen-bond acceptors (Lipinski definition) is 4. The highest BCUT2D eigenvalue weighted by Gasteiger charge is 2.13. The average molecular weight is 460 g/mol. The standard InChI is InChI=1S/C18H28N4O2.HI/c1-2-19-18(20-8-5-11-22-9-3-4-10-22)21-13-15-6-7-16-17(12-15)24-14-23-16;/h6-7,12H,2-5,8-11,13-14H2,1H3,(H2,19,20,21);1H. The lowest BCUT2D eigenvalue weighted by Gasteiger charge is -2.15. The van der Waals surface area contributed by atoms with Gasteiger partial charge in [0.2, 0.25) is 6.79 Å². The van der Waals surface area contributed by atoms with Crippen LogP contribution in [0.2, 0.25) is 0 Å². The molecule has 2 aliphatic rings. The number of nitrogens with zero attached hydrogens (tertiary/aromatic N) is 2. The number of benzene rings is 1. The summed E-state index contributed by atoms with van der Waals surface area (Å²) < 4.78 is 10.8. The van der Waals surface area contributed by atoms with Crippen LogP contribution in [0.3, 0.4) is 0 Å². The molecule has 2 heterocycles. The number of rotatable bonds is 7. The molecule has 1 aromatic rings. The maximum absolute atomic E-state index is 5.41. The summed E-state index contributed by atoms with van der Waals surface area (Å²) in [6, 6.07) is 5.99. The van der Waals surface area contributed by atoms with Gasteiger partial charge in [-0.1, -0.05) is 6.07 Å². The molecule has 0 unspecified atom stereocenters. The summed E-state index contributed by atoms with van der Waals surface area (Å²) in [5.41, 5.74) is 1.12. The van der Waals surface area contributed by atoms with E-state index in [0.29, 0.717) is 13.3 Å². The quantitative estimate of drug-likeness (QED) is 0.284. The van der Waals surface area contributed by atoms with Gasteiger partial charge in [-0.25, -0.2) is 4.99 Å². The zero-order valence-electron chi connectivity index (χ0n) is 14.9. The summed E-state index contributed by atoms with van der Waals surface area (Å²) in [7, 11) is 0. The second-order valence-corrected chi connectivity index (χ2v) is 6.21. The van der Waals surface area contributed by atoms with Gasteiger partial charge in [-0.2, -0.15) is 0 Å². The largest absolute Gasteiger partial charge is 0.454 e. The van der Waals surface area contributed by atoms with E-state index in [4.69, 9.17) is 9.47 Å². The van der Waals surface area contributed by atoms with E-state index in [2.05, 4.69) is 27.4 Å². The molecule has 0 aliphatic carbocycles. The molecule has 0 bridgehead atoms. The lowest BCUT2D eigenvalue weighted by Crippen LogP contribution is -2.38. The fourth-order valence-electron chi connectivity index (χ4n) is 3.07. The first-order chi connectivity index (χ1) is 11.8. The lowest BCUT2D eigenvalue weighted by molar-refractivity contribution is 0.174. The predicted molar refractivity (Wildman–Crippen MR) is 111 cm³/mol. The number of fused-ring (bicyclic) bond motifs is 1. The normalized spacial score (nSPS) is 16.6. The van der Waals surface area contributed by atoms with Crippen LogP contribution in [0.5, 0.6) is 11.5 Å². The van der Waals surface area contributed by atoms with Crippen molar-refractivity contribution in [2.24, 2.45) is 4.99 Å². The second kappa shape index (κ2) is 10.7. The number of halogens is 1. The zero-order valence-corrected chi connectivity index (χ0v) is 17.3. The van der Waals surface area contributed by atoms with Crippen molar-refractivity contribution < 1.29 is 9.47 Å². The fraction of sp³-hybridized carbons (Fsp3) is 0.611. The van der Waals surface area contributed by atoms with Gasteiger partial charge in [0, 0.05) is 13.1 Å². The highest BCUT2D eigenvalue weighted by molar-refractivity contribution is 14.0. The Bertz CT molecular complexity index is 562. The first kappa shape index (κ1) is 20.1. The summed E-state index contributed by atoms with van der Waals surface area (Å²) in [6.07, 6.45) is 3.86. The smallest absolute Gasteiger partial charge is 0.231 e. The van der Waals surface area contributed by atoms with Crippen LogP contribution in [0.15, 0.2) is 23.2 Å². The highest BCUT2D eigenvalue weighted by atomic mass is 127. The molecule has 0 saturated carbocycles. The van der Waals surface area contributed by atoms with E-state index in [9.17, 15) is 0 Å². The van der Waals surface area contributed by atoms with Crippen LogP contribution in [0.25, 0.3) is 0 Å². The molecular weight excluding hydrogens is 431 g/mol. The van der Waals surface area contributed by atoms with Crippen molar-refractivity contribution in [3.63, 3.8) is 0 Å². The summed E-state index contributed by atoms with van der Waals surface area (Å²) >= 11 is 0. The maximum atomic E-state index is 5.41. The minimum absolute atomic E-state index is 0. The highest BCUT2D eigenvalue weighted by Crippen LogP contribution is 2.32. The molecule has 140 valence electrons. The SMILES string of the molecule is CCNC(=NCc1ccc2c(c1)OCO2)NCCCN1CCCC1.I. The van der Waals surface area contributed by atoms with Gasteiger partial charge in [-0.05, 0) is 63.5 Å². The molecule has 2 N–H and O–H groups in total. The Morgan fingerprint density at radius 1 is 1.16 bits per heavy atom. The number of likely N-dealkylation sites (tertiary alicyclic amines) is 1. The molecule has 1 aromatic carbocycles. The van der Waals surface area contributed by atoms with Crippen LogP contribution in [0.1, 0.15) is 31.7 Å². The Morgan fingerprint density at radius 2 is 1.96 bits per heavy atom. The van der Waals surface area contributed by atoms with E-state index in [0.717, 1.165) is 42.5 Å². The van der Waals surface area contributed by atoms with Gasteiger partial charge in [0.1, 0.15) is 0 Å². The summed E-state index contributed by atoms with van der Waals surface area (Å²) in [4.78, 5) is 7.20.